The van der Waals surface area contributed by atoms with Gasteiger partial charge in [-0.2, -0.15) is 0 Å². The van der Waals surface area contributed by atoms with Crippen LogP contribution in [0.2, 0.25) is 0 Å². The summed E-state index contributed by atoms with van der Waals surface area (Å²) >= 11 is 0. The molecule has 2 rings (SSSR count). The summed E-state index contributed by atoms with van der Waals surface area (Å²) in [6.07, 6.45) is 2.80. The van der Waals surface area contributed by atoms with Gasteiger partial charge in [-0.3, -0.25) is 4.90 Å². The molecule has 1 unspecified atom stereocenters. The van der Waals surface area contributed by atoms with E-state index in [2.05, 4.69) is 40.9 Å². The van der Waals surface area contributed by atoms with Crippen LogP contribution in [0.25, 0.3) is 0 Å². The van der Waals surface area contributed by atoms with Crippen molar-refractivity contribution in [1.29, 1.82) is 0 Å². The lowest BCUT2D eigenvalue weighted by Gasteiger charge is -2.36. The van der Waals surface area contributed by atoms with E-state index in [-0.39, 0.29) is 0 Å². The molecule has 0 spiro atoms. The highest BCUT2D eigenvalue weighted by molar-refractivity contribution is 4.77. The Hall–Kier alpha value is -0.160. The SMILES string of the molecule is CC(C)CNCC1CCCN(CCN2CCN(C)CC2)C1. The highest BCUT2D eigenvalue weighted by Crippen LogP contribution is 2.15. The quantitative estimate of drug-likeness (QED) is 0.762. The predicted molar refractivity (Wildman–Crippen MR) is 90.8 cm³/mol. The lowest BCUT2D eigenvalue weighted by Crippen LogP contribution is -2.48. The molecular weight excluding hydrogens is 260 g/mol. The molecule has 0 aliphatic carbocycles. The van der Waals surface area contributed by atoms with Gasteiger partial charge in [0.15, 0.2) is 0 Å². The fraction of sp³-hybridized carbons (Fsp3) is 1.00. The van der Waals surface area contributed by atoms with Crippen LogP contribution in [0.15, 0.2) is 0 Å². The van der Waals surface area contributed by atoms with E-state index in [1.165, 1.54) is 71.7 Å². The fourth-order valence-corrected chi connectivity index (χ4v) is 3.45. The Balaban J connectivity index is 1.60. The van der Waals surface area contributed by atoms with Crippen LogP contribution in [0.4, 0.5) is 0 Å². The maximum atomic E-state index is 3.64. The second-order valence-corrected chi connectivity index (χ2v) is 7.51. The number of nitrogens with one attached hydrogen (secondary N) is 1. The number of hydrogen-bond acceptors (Lipinski definition) is 4. The first-order chi connectivity index (χ1) is 10.1. The largest absolute Gasteiger partial charge is 0.316 e. The lowest BCUT2D eigenvalue weighted by atomic mass is 9.98. The first-order valence-corrected chi connectivity index (χ1v) is 8.97. The van der Waals surface area contributed by atoms with Gasteiger partial charge in [0.05, 0.1) is 0 Å². The molecule has 0 aromatic carbocycles. The van der Waals surface area contributed by atoms with Gasteiger partial charge in [-0.05, 0) is 51.4 Å². The topological polar surface area (TPSA) is 21.8 Å². The van der Waals surface area contributed by atoms with Gasteiger partial charge in [-0.25, -0.2) is 0 Å². The number of hydrogen-bond donors (Lipinski definition) is 1. The molecule has 0 saturated carbocycles. The first kappa shape index (κ1) is 17.2. The molecule has 0 aromatic rings. The fourth-order valence-electron chi connectivity index (χ4n) is 3.45. The maximum absolute atomic E-state index is 3.64. The number of likely N-dealkylation sites (N-methyl/N-ethyl adjacent to an activating group) is 1. The van der Waals surface area contributed by atoms with Crippen molar-refractivity contribution in [2.75, 3.05) is 72.5 Å². The second kappa shape index (κ2) is 9.09. The molecule has 1 atom stereocenters. The Kier molecular flexibility index (Phi) is 7.44. The van der Waals surface area contributed by atoms with E-state index >= 15 is 0 Å². The molecule has 0 bridgehead atoms. The van der Waals surface area contributed by atoms with Crippen molar-refractivity contribution in [2.45, 2.75) is 26.7 Å². The van der Waals surface area contributed by atoms with Crippen molar-refractivity contribution in [1.82, 2.24) is 20.0 Å². The average Bonchev–Trinajstić information content (AvgIpc) is 2.47. The van der Waals surface area contributed by atoms with Gasteiger partial charge >= 0.3 is 0 Å². The minimum Gasteiger partial charge on any atom is -0.316 e. The molecule has 4 nitrogen and oxygen atoms in total. The molecule has 0 amide bonds. The van der Waals surface area contributed by atoms with Crippen LogP contribution in [-0.2, 0) is 0 Å². The average molecular weight is 297 g/mol. The van der Waals surface area contributed by atoms with Crippen LogP contribution >= 0.6 is 0 Å². The van der Waals surface area contributed by atoms with Crippen LogP contribution in [0.1, 0.15) is 26.7 Å². The zero-order valence-electron chi connectivity index (χ0n) is 14.5. The Labute approximate surface area is 131 Å². The third kappa shape index (κ3) is 6.64. The molecule has 0 radical (unpaired) electrons. The summed E-state index contributed by atoms with van der Waals surface area (Å²) in [5.74, 6) is 1.63. The van der Waals surface area contributed by atoms with Crippen LogP contribution in [0, 0.1) is 11.8 Å². The molecule has 2 heterocycles. The van der Waals surface area contributed by atoms with Crippen molar-refractivity contribution in [3.05, 3.63) is 0 Å². The van der Waals surface area contributed by atoms with Gasteiger partial charge in [0.25, 0.3) is 0 Å². The normalized spacial score (nSPS) is 26.6. The summed E-state index contributed by atoms with van der Waals surface area (Å²) in [4.78, 5) is 7.78. The monoisotopic (exact) mass is 296 g/mol. The van der Waals surface area contributed by atoms with Gasteiger partial charge in [-0.15, -0.1) is 0 Å². The number of piperidine rings is 1. The number of likely N-dealkylation sites (tertiary alicyclic amines) is 1. The van der Waals surface area contributed by atoms with Gasteiger partial charge in [0, 0.05) is 45.8 Å². The zero-order chi connectivity index (χ0) is 15.1. The maximum Gasteiger partial charge on any atom is 0.0110 e. The summed E-state index contributed by atoms with van der Waals surface area (Å²) in [5.41, 5.74) is 0. The highest BCUT2D eigenvalue weighted by atomic mass is 15.3. The molecule has 2 aliphatic heterocycles. The Morgan fingerprint density at radius 2 is 1.71 bits per heavy atom. The summed E-state index contributed by atoms with van der Waals surface area (Å²) in [7, 11) is 2.23. The van der Waals surface area contributed by atoms with Crippen LogP contribution < -0.4 is 5.32 Å². The van der Waals surface area contributed by atoms with Crippen molar-refractivity contribution in [3.63, 3.8) is 0 Å². The van der Waals surface area contributed by atoms with Gasteiger partial charge in [-0.1, -0.05) is 13.8 Å². The molecule has 124 valence electrons. The molecule has 2 saturated heterocycles. The standard InChI is InChI=1S/C17H36N4/c1-16(2)13-18-14-17-5-4-6-21(15-17)12-11-20-9-7-19(3)8-10-20/h16-18H,4-15H2,1-3H3. The summed E-state index contributed by atoms with van der Waals surface area (Å²) < 4.78 is 0. The van der Waals surface area contributed by atoms with Gasteiger partial charge < -0.3 is 15.1 Å². The molecule has 2 fully saturated rings. The van der Waals surface area contributed by atoms with E-state index in [1.54, 1.807) is 0 Å². The number of piperazine rings is 1. The Bertz CT molecular complexity index is 274. The van der Waals surface area contributed by atoms with Crippen LogP contribution in [0.3, 0.4) is 0 Å². The number of nitrogens with zero attached hydrogens (tertiary/aromatic N) is 3. The lowest BCUT2D eigenvalue weighted by molar-refractivity contribution is 0.115. The zero-order valence-corrected chi connectivity index (χ0v) is 14.5. The van der Waals surface area contributed by atoms with E-state index in [4.69, 9.17) is 0 Å². The minimum absolute atomic E-state index is 0.766. The molecule has 2 aliphatic rings. The molecular formula is C17H36N4. The van der Waals surface area contributed by atoms with E-state index in [0.29, 0.717) is 0 Å². The van der Waals surface area contributed by atoms with E-state index in [1.807, 2.05) is 0 Å². The number of rotatable bonds is 7. The van der Waals surface area contributed by atoms with Crippen LogP contribution in [0.5, 0.6) is 0 Å². The van der Waals surface area contributed by atoms with Gasteiger partial charge in [0.1, 0.15) is 0 Å². The minimum atomic E-state index is 0.766. The second-order valence-electron chi connectivity index (χ2n) is 7.51. The molecule has 4 heteroatoms. The van der Waals surface area contributed by atoms with Gasteiger partial charge in [0.2, 0.25) is 0 Å². The summed E-state index contributed by atoms with van der Waals surface area (Å²) in [6, 6.07) is 0. The van der Waals surface area contributed by atoms with Crippen LogP contribution in [-0.4, -0.2) is 87.2 Å². The summed E-state index contributed by atoms with van der Waals surface area (Å²) in [6.45, 7) is 17.1. The van der Waals surface area contributed by atoms with Crippen molar-refractivity contribution in [2.24, 2.45) is 11.8 Å². The Morgan fingerprint density at radius 1 is 1.00 bits per heavy atom. The first-order valence-electron chi connectivity index (χ1n) is 8.97. The molecule has 1 N–H and O–H groups in total. The third-order valence-corrected chi connectivity index (χ3v) is 4.92. The molecule has 21 heavy (non-hydrogen) atoms. The van der Waals surface area contributed by atoms with E-state index in [9.17, 15) is 0 Å². The van der Waals surface area contributed by atoms with Crippen molar-refractivity contribution >= 4 is 0 Å². The van der Waals surface area contributed by atoms with Crippen molar-refractivity contribution < 1.29 is 0 Å². The highest BCUT2D eigenvalue weighted by Gasteiger charge is 2.21. The smallest absolute Gasteiger partial charge is 0.0110 e. The third-order valence-electron chi connectivity index (χ3n) is 4.92. The summed E-state index contributed by atoms with van der Waals surface area (Å²) in [5, 5.41) is 3.64. The van der Waals surface area contributed by atoms with E-state index < -0.39 is 0 Å². The molecule has 0 aromatic heterocycles. The van der Waals surface area contributed by atoms with Crippen molar-refractivity contribution in [3.8, 4) is 0 Å². The Morgan fingerprint density at radius 3 is 2.43 bits per heavy atom. The predicted octanol–water partition coefficient (Wildman–Crippen LogP) is 1.19. The van der Waals surface area contributed by atoms with E-state index in [0.717, 1.165) is 18.4 Å².